The average Bonchev–Trinajstić information content (AvgIpc) is 3.43. The van der Waals surface area contributed by atoms with Crippen LogP contribution in [-0.2, 0) is 0 Å². The minimum Gasteiger partial charge on any atom is -0.497 e. The van der Waals surface area contributed by atoms with E-state index in [9.17, 15) is 0 Å². The maximum atomic E-state index is 5.41. The number of rotatable bonds is 8. The van der Waals surface area contributed by atoms with Crippen molar-refractivity contribution < 1.29 is 9.47 Å². The van der Waals surface area contributed by atoms with E-state index >= 15 is 0 Å². The molecule has 1 aromatic carbocycles. The lowest BCUT2D eigenvalue weighted by atomic mass is 10.1. The third-order valence-electron chi connectivity index (χ3n) is 5.76. The highest BCUT2D eigenvalue weighted by atomic mass is 16.5. The van der Waals surface area contributed by atoms with Crippen LogP contribution in [-0.4, -0.2) is 77.9 Å². The molecule has 2 aliphatic rings. The van der Waals surface area contributed by atoms with E-state index in [2.05, 4.69) is 51.7 Å². The maximum absolute atomic E-state index is 5.41. The monoisotopic (exact) mass is 389 g/mol. The molecule has 156 valence electrons. The Labute approximate surface area is 169 Å². The van der Waals surface area contributed by atoms with E-state index in [0.29, 0.717) is 12.1 Å². The largest absolute Gasteiger partial charge is 0.497 e. The van der Waals surface area contributed by atoms with Gasteiger partial charge in [0.2, 0.25) is 0 Å². The number of likely N-dealkylation sites (N-methyl/N-ethyl adjacent to an activating group) is 1. The standard InChI is InChI=1S/C21H35N5O2/c1-22-21(23-13-20(25(2)3)15-6-7-15)24-16-8-9-26(14-16)17-10-18(27-4)12-19(11-17)28-5/h10-12,15-16,20H,6-9,13-14H2,1-5H3,(H2,22,23,24). The Hall–Kier alpha value is -2.15. The number of aliphatic imine (C=N–C) groups is 1. The molecular formula is C21H35N5O2. The average molecular weight is 390 g/mol. The van der Waals surface area contributed by atoms with Crippen molar-refractivity contribution in [2.75, 3.05) is 59.9 Å². The Morgan fingerprint density at radius 3 is 2.39 bits per heavy atom. The topological polar surface area (TPSA) is 61.4 Å². The third-order valence-corrected chi connectivity index (χ3v) is 5.76. The Bertz CT molecular complexity index is 651. The molecule has 0 radical (unpaired) electrons. The number of anilines is 1. The lowest BCUT2D eigenvalue weighted by molar-refractivity contribution is 0.264. The normalized spacial score (nSPS) is 21.0. The van der Waals surface area contributed by atoms with Gasteiger partial charge in [0.05, 0.1) is 14.2 Å². The van der Waals surface area contributed by atoms with Crippen LogP contribution in [0.2, 0.25) is 0 Å². The summed E-state index contributed by atoms with van der Waals surface area (Å²) >= 11 is 0. The molecule has 7 nitrogen and oxygen atoms in total. The number of methoxy groups -OCH3 is 2. The molecule has 28 heavy (non-hydrogen) atoms. The third kappa shape index (κ3) is 5.22. The molecule has 2 N–H and O–H groups in total. The summed E-state index contributed by atoms with van der Waals surface area (Å²) in [6, 6.07) is 6.97. The summed E-state index contributed by atoms with van der Waals surface area (Å²) < 4.78 is 10.8. The van der Waals surface area contributed by atoms with Gasteiger partial charge in [-0.3, -0.25) is 4.99 Å². The van der Waals surface area contributed by atoms with Gasteiger partial charge in [-0.15, -0.1) is 0 Å². The summed E-state index contributed by atoms with van der Waals surface area (Å²) in [5, 5.41) is 7.12. The molecule has 0 amide bonds. The van der Waals surface area contributed by atoms with Crippen molar-refractivity contribution in [3.8, 4) is 11.5 Å². The second-order valence-electron chi connectivity index (χ2n) is 7.97. The van der Waals surface area contributed by atoms with Crippen molar-refractivity contribution in [2.45, 2.75) is 31.3 Å². The number of guanidine groups is 1. The van der Waals surface area contributed by atoms with Crippen molar-refractivity contribution >= 4 is 11.6 Å². The first-order chi connectivity index (χ1) is 13.5. The number of benzene rings is 1. The van der Waals surface area contributed by atoms with Crippen LogP contribution in [0.3, 0.4) is 0 Å². The minimum absolute atomic E-state index is 0.363. The summed E-state index contributed by atoms with van der Waals surface area (Å²) in [4.78, 5) is 9.12. The molecule has 0 aromatic heterocycles. The Morgan fingerprint density at radius 1 is 1.18 bits per heavy atom. The number of hydrogen-bond donors (Lipinski definition) is 2. The minimum atomic E-state index is 0.363. The van der Waals surface area contributed by atoms with Gasteiger partial charge < -0.3 is 29.9 Å². The van der Waals surface area contributed by atoms with Crippen LogP contribution in [0.5, 0.6) is 11.5 Å². The van der Waals surface area contributed by atoms with Crippen LogP contribution in [0.15, 0.2) is 23.2 Å². The quantitative estimate of drug-likeness (QED) is 0.522. The molecule has 0 bridgehead atoms. The van der Waals surface area contributed by atoms with E-state index in [1.165, 1.54) is 12.8 Å². The summed E-state index contributed by atoms with van der Waals surface area (Å²) in [6.07, 6.45) is 3.76. The number of hydrogen-bond acceptors (Lipinski definition) is 5. The molecule has 1 aliphatic heterocycles. The maximum Gasteiger partial charge on any atom is 0.191 e. The first kappa shape index (κ1) is 20.6. The number of nitrogens with zero attached hydrogens (tertiary/aromatic N) is 3. The van der Waals surface area contributed by atoms with Crippen LogP contribution in [0.4, 0.5) is 5.69 Å². The predicted molar refractivity (Wildman–Crippen MR) is 115 cm³/mol. The second kappa shape index (κ2) is 9.37. The van der Waals surface area contributed by atoms with Crippen LogP contribution in [0.1, 0.15) is 19.3 Å². The fraction of sp³-hybridized carbons (Fsp3) is 0.667. The van der Waals surface area contributed by atoms with E-state index in [-0.39, 0.29) is 0 Å². The molecule has 1 saturated heterocycles. The van der Waals surface area contributed by atoms with Gasteiger partial charge in [-0.05, 0) is 39.3 Å². The second-order valence-corrected chi connectivity index (χ2v) is 7.97. The smallest absolute Gasteiger partial charge is 0.191 e. The molecule has 2 fully saturated rings. The summed E-state index contributed by atoms with van der Waals surface area (Å²) in [5.74, 6) is 3.35. The van der Waals surface area contributed by atoms with Crippen molar-refractivity contribution in [3.63, 3.8) is 0 Å². The van der Waals surface area contributed by atoms with Gasteiger partial charge in [0.15, 0.2) is 5.96 Å². The molecule has 1 aliphatic carbocycles. The van der Waals surface area contributed by atoms with Gasteiger partial charge >= 0.3 is 0 Å². The Balaban J connectivity index is 1.54. The van der Waals surface area contributed by atoms with Gasteiger partial charge in [-0.1, -0.05) is 0 Å². The Morgan fingerprint density at radius 2 is 1.86 bits per heavy atom. The summed E-state index contributed by atoms with van der Waals surface area (Å²) in [5.41, 5.74) is 1.13. The molecule has 1 aromatic rings. The van der Waals surface area contributed by atoms with Crippen molar-refractivity contribution in [1.29, 1.82) is 0 Å². The van der Waals surface area contributed by atoms with Crippen LogP contribution < -0.4 is 25.0 Å². The zero-order valence-corrected chi connectivity index (χ0v) is 17.9. The zero-order valence-electron chi connectivity index (χ0n) is 17.9. The van der Waals surface area contributed by atoms with Gasteiger partial charge in [0.1, 0.15) is 11.5 Å². The fourth-order valence-corrected chi connectivity index (χ4v) is 3.93. The van der Waals surface area contributed by atoms with E-state index in [4.69, 9.17) is 9.47 Å². The predicted octanol–water partition coefficient (Wildman–Crippen LogP) is 1.79. The highest BCUT2D eigenvalue weighted by Crippen LogP contribution is 2.34. The molecular weight excluding hydrogens is 354 g/mol. The SMILES string of the molecule is CN=C(NCC(C1CC1)N(C)C)NC1CCN(c2cc(OC)cc(OC)c2)C1. The lowest BCUT2D eigenvalue weighted by Gasteiger charge is -2.26. The summed E-state index contributed by atoms with van der Waals surface area (Å²) in [7, 11) is 9.55. The van der Waals surface area contributed by atoms with Crippen molar-refractivity contribution in [1.82, 2.24) is 15.5 Å². The molecule has 2 unspecified atom stereocenters. The van der Waals surface area contributed by atoms with Crippen LogP contribution in [0.25, 0.3) is 0 Å². The van der Waals surface area contributed by atoms with E-state index < -0.39 is 0 Å². The first-order valence-corrected chi connectivity index (χ1v) is 10.2. The zero-order chi connectivity index (χ0) is 20.1. The fourth-order valence-electron chi connectivity index (χ4n) is 3.93. The summed E-state index contributed by atoms with van der Waals surface area (Å²) in [6.45, 7) is 2.85. The van der Waals surface area contributed by atoms with Crippen LogP contribution >= 0.6 is 0 Å². The number of nitrogens with one attached hydrogen (secondary N) is 2. The highest BCUT2D eigenvalue weighted by Gasteiger charge is 2.32. The van der Waals surface area contributed by atoms with E-state index in [0.717, 1.165) is 55.1 Å². The van der Waals surface area contributed by atoms with Gasteiger partial charge in [-0.25, -0.2) is 0 Å². The van der Waals surface area contributed by atoms with Gasteiger partial charge in [0, 0.05) is 62.7 Å². The number of ether oxygens (including phenoxy) is 2. The van der Waals surface area contributed by atoms with Gasteiger partial charge in [-0.2, -0.15) is 0 Å². The molecule has 3 rings (SSSR count). The van der Waals surface area contributed by atoms with Crippen molar-refractivity contribution in [3.05, 3.63) is 18.2 Å². The van der Waals surface area contributed by atoms with Crippen molar-refractivity contribution in [2.24, 2.45) is 10.9 Å². The first-order valence-electron chi connectivity index (χ1n) is 10.2. The van der Waals surface area contributed by atoms with Gasteiger partial charge in [0.25, 0.3) is 0 Å². The molecule has 1 heterocycles. The molecule has 2 atom stereocenters. The highest BCUT2D eigenvalue weighted by molar-refractivity contribution is 5.80. The van der Waals surface area contributed by atoms with E-state index in [1.807, 2.05) is 13.1 Å². The molecule has 1 saturated carbocycles. The van der Waals surface area contributed by atoms with E-state index in [1.54, 1.807) is 14.2 Å². The molecule has 0 spiro atoms. The van der Waals surface area contributed by atoms with Crippen LogP contribution in [0, 0.1) is 5.92 Å². The molecule has 7 heteroatoms. The Kier molecular flexibility index (Phi) is 6.88. The lowest BCUT2D eigenvalue weighted by Crippen LogP contribution is -2.49.